The molecule has 0 bridgehead atoms. The number of hydrogen-bond acceptors (Lipinski definition) is 5. The third-order valence-electron chi connectivity index (χ3n) is 6.18. The number of halogens is 1. The van der Waals surface area contributed by atoms with Gasteiger partial charge in [-0.1, -0.05) is 24.3 Å². The maximum Gasteiger partial charge on any atom is 0.273 e. The van der Waals surface area contributed by atoms with Gasteiger partial charge in [0.2, 0.25) is 0 Å². The van der Waals surface area contributed by atoms with E-state index in [-0.39, 0.29) is 5.69 Å². The number of aromatic amines is 1. The van der Waals surface area contributed by atoms with Crippen LogP contribution in [0.15, 0.2) is 47.3 Å². The third kappa shape index (κ3) is 3.41. The number of nitrogens with one attached hydrogen (secondary N) is 1. The fraction of sp³-hybridized carbons (Fsp3) is 0.292. The van der Waals surface area contributed by atoms with Crippen molar-refractivity contribution in [2.45, 2.75) is 25.9 Å². The lowest BCUT2D eigenvalue weighted by atomic mass is 9.92. The van der Waals surface area contributed by atoms with Crippen molar-refractivity contribution in [3.05, 3.63) is 75.3 Å². The van der Waals surface area contributed by atoms with Crippen LogP contribution >= 0.6 is 0 Å². The Morgan fingerprint density at radius 3 is 2.84 bits per heavy atom. The summed E-state index contributed by atoms with van der Waals surface area (Å²) < 4.78 is 21.0. The van der Waals surface area contributed by atoms with Gasteiger partial charge in [0, 0.05) is 31.3 Å². The van der Waals surface area contributed by atoms with Gasteiger partial charge in [-0.05, 0) is 49.2 Å². The molecule has 1 aliphatic rings. The quantitative estimate of drug-likeness (QED) is 0.535. The van der Waals surface area contributed by atoms with Crippen LogP contribution in [0.5, 0.6) is 0 Å². The predicted octanol–water partition coefficient (Wildman–Crippen LogP) is 3.23. The Bertz CT molecular complexity index is 1360. The summed E-state index contributed by atoms with van der Waals surface area (Å²) in [7, 11) is 3.82. The fourth-order valence-electron chi connectivity index (χ4n) is 4.44. The SMILES string of the molecule is COCC1Cc2ccc(-c3n[nH]c4cc(=O)n(-c5c(C)cccc5F)nc34)cc2CN1C. The number of aryl methyl sites for hydroxylation is 1. The molecular weight excluding hydrogens is 409 g/mol. The first kappa shape index (κ1) is 20.5. The molecule has 1 aliphatic heterocycles. The number of nitrogens with zero attached hydrogens (tertiary/aromatic N) is 4. The number of rotatable bonds is 4. The minimum absolute atomic E-state index is 0.155. The molecule has 0 spiro atoms. The van der Waals surface area contributed by atoms with Gasteiger partial charge in [0.25, 0.3) is 5.56 Å². The summed E-state index contributed by atoms with van der Waals surface area (Å²) in [6, 6.07) is 12.7. The van der Waals surface area contributed by atoms with Gasteiger partial charge in [0.1, 0.15) is 22.7 Å². The van der Waals surface area contributed by atoms with Gasteiger partial charge in [0.05, 0.1) is 12.1 Å². The number of fused-ring (bicyclic) bond motifs is 2. The Morgan fingerprint density at radius 2 is 2.06 bits per heavy atom. The molecule has 1 unspecified atom stereocenters. The molecule has 32 heavy (non-hydrogen) atoms. The smallest absolute Gasteiger partial charge is 0.273 e. The molecule has 0 amide bonds. The van der Waals surface area contributed by atoms with Gasteiger partial charge in [-0.25, -0.2) is 4.39 Å². The molecule has 0 saturated carbocycles. The zero-order chi connectivity index (χ0) is 22.4. The van der Waals surface area contributed by atoms with Crippen molar-refractivity contribution >= 4 is 11.0 Å². The summed E-state index contributed by atoms with van der Waals surface area (Å²) in [6.07, 6.45) is 0.922. The van der Waals surface area contributed by atoms with Gasteiger partial charge in [-0.3, -0.25) is 14.8 Å². The van der Waals surface area contributed by atoms with E-state index < -0.39 is 11.4 Å². The standard InChI is InChI=1S/C24H24FN5O2/c1-14-5-4-6-19(25)24(14)30-21(31)11-20-23(28-30)22(27-26-20)16-8-7-15-10-18(13-32-3)29(2)12-17(15)9-16/h4-9,11,18,26H,10,12-13H2,1-3H3. The molecule has 1 N–H and O–H groups in total. The Hall–Kier alpha value is -3.36. The molecule has 1 atom stereocenters. The van der Waals surface area contributed by atoms with Crippen molar-refractivity contribution in [1.29, 1.82) is 0 Å². The van der Waals surface area contributed by atoms with Crippen LogP contribution in [0.25, 0.3) is 28.0 Å². The second-order valence-corrected chi connectivity index (χ2v) is 8.35. The average Bonchev–Trinajstić information content (AvgIpc) is 3.16. The first-order valence-corrected chi connectivity index (χ1v) is 10.5. The van der Waals surface area contributed by atoms with Crippen LogP contribution < -0.4 is 5.56 Å². The van der Waals surface area contributed by atoms with E-state index in [4.69, 9.17) is 4.74 Å². The summed E-state index contributed by atoms with van der Waals surface area (Å²) in [6.45, 7) is 3.26. The highest BCUT2D eigenvalue weighted by molar-refractivity contribution is 5.89. The van der Waals surface area contributed by atoms with E-state index in [0.29, 0.717) is 34.9 Å². The highest BCUT2D eigenvalue weighted by Crippen LogP contribution is 2.30. The Balaban J connectivity index is 1.61. The van der Waals surface area contributed by atoms with E-state index in [9.17, 15) is 9.18 Å². The van der Waals surface area contributed by atoms with E-state index >= 15 is 0 Å². The van der Waals surface area contributed by atoms with Crippen molar-refractivity contribution < 1.29 is 9.13 Å². The minimum Gasteiger partial charge on any atom is -0.383 e. The van der Waals surface area contributed by atoms with E-state index in [1.165, 1.54) is 23.3 Å². The molecule has 164 valence electrons. The number of aromatic nitrogens is 4. The number of ether oxygens (including phenoxy) is 1. The highest BCUT2D eigenvalue weighted by atomic mass is 19.1. The summed E-state index contributed by atoms with van der Waals surface area (Å²) in [5.74, 6) is -0.494. The van der Waals surface area contributed by atoms with E-state index in [0.717, 1.165) is 23.2 Å². The molecule has 2 aromatic heterocycles. The molecule has 0 radical (unpaired) electrons. The van der Waals surface area contributed by atoms with Gasteiger partial charge in [0.15, 0.2) is 0 Å². The predicted molar refractivity (Wildman–Crippen MR) is 120 cm³/mol. The monoisotopic (exact) mass is 433 g/mol. The Labute approximate surface area is 184 Å². The second kappa shape index (κ2) is 7.96. The normalized spacial score (nSPS) is 16.4. The summed E-state index contributed by atoms with van der Waals surface area (Å²) in [4.78, 5) is 15.0. The van der Waals surface area contributed by atoms with Crippen LogP contribution in [0, 0.1) is 12.7 Å². The molecule has 7 nitrogen and oxygen atoms in total. The summed E-state index contributed by atoms with van der Waals surface area (Å²) >= 11 is 0. The number of likely N-dealkylation sites (N-methyl/N-ethyl adjacent to an activating group) is 1. The lowest BCUT2D eigenvalue weighted by molar-refractivity contribution is 0.0953. The van der Waals surface area contributed by atoms with Crippen LogP contribution in [-0.4, -0.2) is 51.7 Å². The second-order valence-electron chi connectivity index (χ2n) is 8.35. The van der Waals surface area contributed by atoms with Crippen LogP contribution in [0.4, 0.5) is 4.39 Å². The number of methoxy groups -OCH3 is 1. The highest BCUT2D eigenvalue weighted by Gasteiger charge is 2.24. The molecule has 0 fully saturated rings. The van der Waals surface area contributed by atoms with Crippen molar-refractivity contribution in [2.75, 3.05) is 20.8 Å². The summed E-state index contributed by atoms with van der Waals surface area (Å²) in [5.41, 5.74) is 5.46. The fourth-order valence-corrected chi connectivity index (χ4v) is 4.44. The van der Waals surface area contributed by atoms with Gasteiger partial charge in [-0.2, -0.15) is 14.9 Å². The minimum atomic E-state index is -0.494. The average molecular weight is 433 g/mol. The van der Waals surface area contributed by atoms with Crippen LogP contribution in [0.3, 0.4) is 0 Å². The maximum atomic E-state index is 14.5. The first-order chi connectivity index (χ1) is 15.5. The van der Waals surface area contributed by atoms with Crippen LogP contribution in [0.2, 0.25) is 0 Å². The van der Waals surface area contributed by atoms with Gasteiger partial charge >= 0.3 is 0 Å². The van der Waals surface area contributed by atoms with Crippen molar-refractivity contribution in [3.8, 4) is 16.9 Å². The molecule has 8 heteroatoms. The van der Waals surface area contributed by atoms with Gasteiger partial charge in [-0.15, -0.1) is 0 Å². The zero-order valence-electron chi connectivity index (χ0n) is 18.2. The number of hydrogen-bond donors (Lipinski definition) is 1. The van der Waals surface area contributed by atoms with Crippen molar-refractivity contribution in [1.82, 2.24) is 24.9 Å². The lowest BCUT2D eigenvalue weighted by Crippen LogP contribution is -2.40. The number of para-hydroxylation sites is 1. The van der Waals surface area contributed by atoms with Crippen molar-refractivity contribution in [2.24, 2.45) is 0 Å². The van der Waals surface area contributed by atoms with E-state index in [1.54, 1.807) is 26.2 Å². The molecule has 0 aliphatic carbocycles. The Kier molecular flexibility index (Phi) is 5.11. The van der Waals surface area contributed by atoms with Crippen LogP contribution in [0.1, 0.15) is 16.7 Å². The number of benzene rings is 2. The number of H-pyrrole nitrogens is 1. The summed E-state index contributed by atoms with van der Waals surface area (Å²) in [5, 5.41) is 11.8. The zero-order valence-corrected chi connectivity index (χ0v) is 18.2. The molecule has 2 aromatic carbocycles. The molecule has 0 saturated heterocycles. The largest absolute Gasteiger partial charge is 0.383 e. The molecule has 3 heterocycles. The van der Waals surface area contributed by atoms with Crippen LogP contribution in [-0.2, 0) is 17.7 Å². The van der Waals surface area contributed by atoms with E-state index in [2.05, 4.69) is 39.4 Å². The van der Waals surface area contributed by atoms with Gasteiger partial charge < -0.3 is 4.74 Å². The molecule has 4 aromatic rings. The lowest BCUT2D eigenvalue weighted by Gasteiger charge is -2.33. The maximum absolute atomic E-state index is 14.5. The van der Waals surface area contributed by atoms with Crippen molar-refractivity contribution in [3.63, 3.8) is 0 Å². The first-order valence-electron chi connectivity index (χ1n) is 10.5. The molecule has 5 rings (SSSR count). The third-order valence-corrected chi connectivity index (χ3v) is 6.18. The van der Waals surface area contributed by atoms with E-state index in [1.807, 2.05) is 6.07 Å². The molecular formula is C24H24FN5O2. The Morgan fingerprint density at radius 1 is 1.22 bits per heavy atom. The topological polar surface area (TPSA) is 76.0 Å².